The minimum Gasteiger partial charge on any atom is -0.212 e. The molecule has 0 aliphatic heterocycles. The smallest absolute Gasteiger partial charge is 0.212 e. The maximum absolute atomic E-state index is 10.8. The van der Waals surface area contributed by atoms with E-state index in [1.165, 1.54) is 0 Å². The van der Waals surface area contributed by atoms with Crippen molar-refractivity contribution in [2.24, 2.45) is 5.92 Å². The van der Waals surface area contributed by atoms with Gasteiger partial charge in [-0.2, -0.15) is 5.26 Å². The summed E-state index contributed by atoms with van der Waals surface area (Å²) in [5, 5.41) is 7.97. The normalized spacial score (nSPS) is 31.6. The second-order valence-electron chi connectivity index (χ2n) is 2.74. The monoisotopic (exact) mass is 193 g/mol. The lowest BCUT2D eigenvalue weighted by Crippen LogP contribution is -2.11. The number of nitriles is 1. The lowest BCUT2D eigenvalue weighted by molar-refractivity contribution is 0.592. The van der Waals surface area contributed by atoms with E-state index in [4.69, 9.17) is 15.9 Å². The van der Waals surface area contributed by atoms with Crippen molar-refractivity contribution in [1.82, 2.24) is 0 Å². The first-order valence-electron chi connectivity index (χ1n) is 3.37. The summed E-state index contributed by atoms with van der Waals surface area (Å²) in [5.74, 6) is -0.117. The molecule has 1 aliphatic carbocycles. The summed E-state index contributed by atoms with van der Waals surface area (Å²) in [6.07, 6.45) is 1.60. The van der Waals surface area contributed by atoms with Gasteiger partial charge in [0, 0.05) is 16.6 Å². The topological polar surface area (TPSA) is 57.9 Å². The molecule has 1 aliphatic rings. The van der Waals surface area contributed by atoms with Crippen molar-refractivity contribution in [3.8, 4) is 6.07 Å². The molecule has 1 rings (SSSR count). The molecule has 0 spiro atoms. The van der Waals surface area contributed by atoms with E-state index in [-0.39, 0.29) is 5.92 Å². The van der Waals surface area contributed by atoms with Gasteiger partial charge in [0.25, 0.3) is 0 Å². The number of hydrogen-bond acceptors (Lipinski definition) is 3. The fourth-order valence-corrected chi connectivity index (χ4v) is 2.68. The molecular weight excluding hydrogens is 186 g/mol. The molecule has 0 heterocycles. The van der Waals surface area contributed by atoms with Gasteiger partial charge in [-0.3, -0.25) is 0 Å². The summed E-state index contributed by atoms with van der Waals surface area (Å²) >= 11 is 0. The van der Waals surface area contributed by atoms with Crippen LogP contribution in [0.1, 0.15) is 19.3 Å². The van der Waals surface area contributed by atoms with Gasteiger partial charge in [0.15, 0.2) is 0 Å². The van der Waals surface area contributed by atoms with E-state index in [0.717, 1.165) is 0 Å². The Morgan fingerprint density at radius 2 is 2.09 bits per heavy atom. The molecule has 0 saturated heterocycles. The van der Waals surface area contributed by atoms with Crippen LogP contribution in [-0.2, 0) is 9.05 Å². The molecule has 11 heavy (non-hydrogen) atoms. The lowest BCUT2D eigenvalue weighted by Gasteiger charge is -2.01. The van der Waals surface area contributed by atoms with Crippen LogP contribution < -0.4 is 0 Å². The van der Waals surface area contributed by atoms with Crippen LogP contribution in [0.3, 0.4) is 0 Å². The molecule has 0 aromatic rings. The van der Waals surface area contributed by atoms with Crippen LogP contribution in [0.5, 0.6) is 0 Å². The highest BCUT2D eigenvalue weighted by Crippen LogP contribution is 2.31. The molecule has 0 unspecified atom stereocenters. The zero-order chi connectivity index (χ0) is 8.48. The van der Waals surface area contributed by atoms with Gasteiger partial charge in [0.2, 0.25) is 9.05 Å². The van der Waals surface area contributed by atoms with Crippen LogP contribution in [0.4, 0.5) is 0 Å². The standard InChI is InChI=1S/C6H8ClNO2S/c7-11(9,10)6-2-1-5(3-6)4-8/h5-6H,1-3H2/t5-,6+/m0/s1. The minimum atomic E-state index is -3.42. The van der Waals surface area contributed by atoms with Crippen LogP contribution >= 0.6 is 10.7 Å². The number of rotatable bonds is 1. The zero-order valence-electron chi connectivity index (χ0n) is 5.83. The van der Waals surface area contributed by atoms with E-state index in [1.807, 2.05) is 6.07 Å². The van der Waals surface area contributed by atoms with Gasteiger partial charge >= 0.3 is 0 Å². The Balaban J connectivity index is 2.64. The molecule has 0 amide bonds. The van der Waals surface area contributed by atoms with Crippen molar-refractivity contribution >= 4 is 19.7 Å². The molecule has 0 aromatic heterocycles. The van der Waals surface area contributed by atoms with Gasteiger partial charge in [0.05, 0.1) is 11.3 Å². The third-order valence-electron chi connectivity index (χ3n) is 1.97. The summed E-state index contributed by atoms with van der Waals surface area (Å²) in [7, 11) is 1.70. The van der Waals surface area contributed by atoms with Crippen molar-refractivity contribution < 1.29 is 8.42 Å². The summed E-state index contributed by atoms with van der Waals surface area (Å²) in [6, 6.07) is 2.04. The average molecular weight is 194 g/mol. The highest BCUT2D eigenvalue weighted by atomic mass is 35.7. The second-order valence-corrected chi connectivity index (χ2v) is 5.64. The van der Waals surface area contributed by atoms with E-state index in [2.05, 4.69) is 0 Å². The summed E-state index contributed by atoms with van der Waals surface area (Å²) in [5.41, 5.74) is 0. The van der Waals surface area contributed by atoms with Gasteiger partial charge in [-0.05, 0) is 19.3 Å². The Hall–Kier alpha value is -0.270. The van der Waals surface area contributed by atoms with Gasteiger partial charge in [-0.1, -0.05) is 0 Å². The Morgan fingerprint density at radius 1 is 1.45 bits per heavy atom. The molecule has 5 heteroatoms. The third-order valence-corrected chi connectivity index (χ3v) is 3.95. The maximum atomic E-state index is 10.8. The predicted octanol–water partition coefficient (Wildman–Crippen LogP) is 1.25. The van der Waals surface area contributed by atoms with E-state index in [9.17, 15) is 8.42 Å². The first-order valence-corrected chi connectivity index (χ1v) is 5.74. The van der Waals surface area contributed by atoms with Crippen LogP contribution in [0.25, 0.3) is 0 Å². The summed E-state index contributed by atoms with van der Waals surface area (Å²) in [4.78, 5) is 0. The Morgan fingerprint density at radius 3 is 2.36 bits per heavy atom. The predicted molar refractivity (Wildman–Crippen MR) is 41.5 cm³/mol. The Labute approximate surface area is 70.4 Å². The quantitative estimate of drug-likeness (QED) is 0.589. The Kier molecular flexibility index (Phi) is 2.40. The van der Waals surface area contributed by atoms with E-state index in [0.29, 0.717) is 19.3 Å². The average Bonchev–Trinajstić information content (AvgIpc) is 2.32. The van der Waals surface area contributed by atoms with Crippen molar-refractivity contribution in [1.29, 1.82) is 5.26 Å². The highest BCUT2D eigenvalue weighted by Gasteiger charge is 2.32. The molecule has 0 radical (unpaired) electrons. The minimum absolute atomic E-state index is 0.117. The molecule has 0 aromatic carbocycles. The van der Waals surface area contributed by atoms with Gasteiger partial charge in [-0.25, -0.2) is 8.42 Å². The third kappa shape index (κ3) is 2.08. The highest BCUT2D eigenvalue weighted by molar-refractivity contribution is 8.14. The number of hydrogen-bond donors (Lipinski definition) is 0. The SMILES string of the molecule is N#C[C@H]1CC[C@@H](S(=O)(=O)Cl)C1. The van der Waals surface area contributed by atoms with E-state index < -0.39 is 14.3 Å². The first kappa shape index (κ1) is 8.82. The molecular formula is C6H8ClNO2S. The fraction of sp³-hybridized carbons (Fsp3) is 0.833. The molecule has 0 N–H and O–H groups in total. The Bertz CT molecular complexity index is 279. The van der Waals surface area contributed by atoms with Crippen molar-refractivity contribution in [2.45, 2.75) is 24.5 Å². The maximum Gasteiger partial charge on any atom is 0.235 e. The fourth-order valence-electron chi connectivity index (χ4n) is 1.31. The van der Waals surface area contributed by atoms with Crippen LogP contribution in [0.15, 0.2) is 0 Å². The molecule has 62 valence electrons. The summed E-state index contributed by atoms with van der Waals surface area (Å²) < 4.78 is 21.5. The number of halogens is 1. The van der Waals surface area contributed by atoms with Crippen LogP contribution in [-0.4, -0.2) is 13.7 Å². The number of nitrogens with zero attached hydrogens (tertiary/aromatic N) is 1. The molecule has 3 nitrogen and oxygen atoms in total. The lowest BCUT2D eigenvalue weighted by atomic mass is 10.1. The van der Waals surface area contributed by atoms with Crippen molar-refractivity contribution in [2.75, 3.05) is 0 Å². The van der Waals surface area contributed by atoms with E-state index >= 15 is 0 Å². The summed E-state index contributed by atoms with van der Waals surface area (Å²) in [6.45, 7) is 0. The largest absolute Gasteiger partial charge is 0.235 e. The van der Waals surface area contributed by atoms with Gasteiger partial charge in [0.1, 0.15) is 0 Å². The first-order chi connectivity index (χ1) is 5.04. The zero-order valence-corrected chi connectivity index (χ0v) is 7.40. The second kappa shape index (κ2) is 3.00. The van der Waals surface area contributed by atoms with Gasteiger partial charge < -0.3 is 0 Å². The molecule has 0 bridgehead atoms. The van der Waals surface area contributed by atoms with Gasteiger partial charge in [-0.15, -0.1) is 0 Å². The van der Waals surface area contributed by atoms with Crippen molar-refractivity contribution in [3.05, 3.63) is 0 Å². The van der Waals surface area contributed by atoms with Crippen molar-refractivity contribution in [3.63, 3.8) is 0 Å². The molecule has 1 saturated carbocycles. The molecule has 2 atom stereocenters. The van der Waals surface area contributed by atoms with E-state index in [1.54, 1.807) is 0 Å². The van der Waals surface area contributed by atoms with Crippen LogP contribution in [0.2, 0.25) is 0 Å². The molecule has 1 fully saturated rings. The van der Waals surface area contributed by atoms with Crippen LogP contribution in [0, 0.1) is 17.2 Å².